The van der Waals surface area contributed by atoms with Gasteiger partial charge in [0.2, 0.25) is 5.91 Å². The van der Waals surface area contributed by atoms with Gasteiger partial charge in [-0.25, -0.2) is 4.98 Å². The van der Waals surface area contributed by atoms with E-state index in [-0.39, 0.29) is 12.0 Å². The molecule has 0 unspecified atom stereocenters. The number of hydrogen-bond donors (Lipinski definition) is 1. The maximum atomic E-state index is 11.9. The van der Waals surface area contributed by atoms with Crippen molar-refractivity contribution >= 4 is 17.4 Å². The molecule has 3 fully saturated rings. The summed E-state index contributed by atoms with van der Waals surface area (Å²) in [7, 11) is 0. The van der Waals surface area contributed by atoms with Crippen LogP contribution in [-0.2, 0) is 9.53 Å². The lowest BCUT2D eigenvalue weighted by molar-refractivity contribution is -0.125. The number of ether oxygens (including phenoxy) is 2. The van der Waals surface area contributed by atoms with Crippen molar-refractivity contribution < 1.29 is 14.3 Å². The Morgan fingerprint density at radius 3 is 2.78 bits per heavy atom. The minimum absolute atomic E-state index is 0.0341. The summed E-state index contributed by atoms with van der Waals surface area (Å²) in [4.78, 5) is 26.0. The number of aromatic nitrogens is 2. The van der Waals surface area contributed by atoms with E-state index in [1.54, 1.807) is 0 Å². The number of carbonyl (C=O) groups is 1. The number of rotatable bonds is 4. The summed E-state index contributed by atoms with van der Waals surface area (Å²) in [6.45, 7) is 12.9. The van der Waals surface area contributed by atoms with Crippen molar-refractivity contribution in [1.29, 1.82) is 0 Å². The van der Waals surface area contributed by atoms with Gasteiger partial charge in [-0.3, -0.25) is 14.7 Å². The van der Waals surface area contributed by atoms with E-state index in [4.69, 9.17) is 19.4 Å². The van der Waals surface area contributed by atoms with Gasteiger partial charge in [-0.1, -0.05) is 6.58 Å². The number of likely N-dealkylation sites (tertiary alicyclic amines) is 2. The standard InChI is InChI=1S/C28H35N5O3/c1-4-25(34)32-10-6-21(16-32)33-14-20(15-33)23-13-24-27(17(2)30-23)36-18(3)26-22(5-9-29-28(26)31-24)19-7-11-35-12-8-19/h4-5,9,13,18-21H,1,6-8,10-12,14-16H2,2-3H3,(H,29,31)/t18-,21+/m0/s1. The molecule has 0 bridgehead atoms. The molecule has 3 saturated heterocycles. The van der Waals surface area contributed by atoms with Crippen molar-refractivity contribution in [2.75, 3.05) is 44.7 Å². The highest BCUT2D eigenvalue weighted by Gasteiger charge is 2.39. The fraction of sp³-hybridized carbons (Fsp3) is 0.536. The Balaban J connectivity index is 1.21. The number of fused-ring (bicyclic) bond motifs is 2. The minimum Gasteiger partial charge on any atom is -0.482 e. The number of hydrogen-bond acceptors (Lipinski definition) is 7. The summed E-state index contributed by atoms with van der Waals surface area (Å²) >= 11 is 0. The number of nitrogens with one attached hydrogen (secondary N) is 1. The number of carbonyl (C=O) groups excluding carboxylic acids is 1. The highest BCUT2D eigenvalue weighted by molar-refractivity contribution is 5.87. The van der Waals surface area contributed by atoms with E-state index in [0.29, 0.717) is 17.9 Å². The molecule has 1 amide bonds. The largest absolute Gasteiger partial charge is 0.482 e. The molecule has 6 rings (SSSR count). The van der Waals surface area contributed by atoms with Crippen molar-refractivity contribution in [2.24, 2.45) is 0 Å². The zero-order valence-electron chi connectivity index (χ0n) is 21.2. The zero-order valence-corrected chi connectivity index (χ0v) is 21.2. The highest BCUT2D eigenvalue weighted by Crippen LogP contribution is 2.44. The third kappa shape index (κ3) is 4.16. The smallest absolute Gasteiger partial charge is 0.246 e. The minimum atomic E-state index is -0.116. The monoisotopic (exact) mass is 489 g/mol. The maximum absolute atomic E-state index is 11.9. The zero-order chi connectivity index (χ0) is 24.8. The van der Waals surface area contributed by atoms with E-state index < -0.39 is 0 Å². The lowest BCUT2D eigenvalue weighted by Crippen LogP contribution is -2.52. The molecule has 190 valence electrons. The molecule has 0 aliphatic carbocycles. The molecule has 0 saturated carbocycles. The van der Waals surface area contributed by atoms with Crippen LogP contribution >= 0.6 is 0 Å². The summed E-state index contributed by atoms with van der Waals surface area (Å²) in [5.74, 6) is 2.57. The summed E-state index contributed by atoms with van der Waals surface area (Å²) in [6.07, 6.45) is 6.29. The van der Waals surface area contributed by atoms with E-state index in [9.17, 15) is 4.79 Å². The number of nitrogens with zero attached hydrogens (tertiary/aromatic N) is 4. The normalized spacial score (nSPS) is 24.7. The molecular formula is C28H35N5O3. The van der Waals surface area contributed by atoms with Crippen LogP contribution in [0.2, 0.25) is 0 Å². The van der Waals surface area contributed by atoms with Gasteiger partial charge in [-0.15, -0.1) is 0 Å². The van der Waals surface area contributed by atoms with E-state index in [0.717, 1.165) is 92.9 Å². The quantitative estimate of drug-likeness (QED) is 0.649. The van der Waals surface area contributed by atoms with Gasteiger partial charge in [0.1, 0.15) is 11.9 Å². The first-order valence-electron chi connectivity index (χ1n) is 13.2. The molecule has 1 N–H and O–H groups in total. The Bertz CT molecular complexity index is 1170. The molecule has 8 nitrogen and oxygen atoms in total. The van der Waals surface area contributed by atoms with Gasteiger partial charge in [0.05, 0.1) is 11.4 Å². The average Bonchev–Trinajstić information content (AvgIpc) is 3.29. The Morgan fingerprint density at radius 2 is 2.00 bits per heavy atom. The van der Waals surface area contributed by atoms with Gasteiger partial charge in [0.15, 0.2) is 5.75 Å². The fourth-order valence-corrected chi connectivity index (χ4v) is 6.25. The topological polar surface area (TPSA) is 79.8 Å². The van der Waals surface area contributed by atoms with Crippen LogP contribution in [0.4, 0.5) is 11.5 Å². The van der Waals surface area contributed by atoms with E-state index in [1.807, 2.05) is 18.0 Å². The summed E-state index contributed by atoms with van der Waals surface area (Å²) in [6, 6.07) is 4.73. The van der Waals surface area contributed by atoms with Crippen molar-refractivity contribution in [2.45, 2.75) is 57.1 Å². The van der Waals surface area contributed by atoms with E-state index in [2.05, 4.69) is 35.9 Å². The summed E-state index contributed by atoms with van der Waals surface area (Å²) in [5, 5.41) is 3.61. The molecule has 0 radical (unpaired) electrons. The van der Waals surface area contributed by atoms with Gasteiger partial charge < -0.3 is 19.7 Å². The van der Waals surface area contributed by atoms with Gasteiger partial charge in [0.25, 0.3) is 0 Å². The average molecular weight is 490 g/mol. The number of aryl methyl sites for hydroxylation is 1. The van der Waals surface area contributed by atoms with Crippen molar-refractivity contribution in [3.05, 3.63) is 53.5 Å². The third-order valence-electron chi connectivity index (χ3n) is 8.30. The Hall–Kier alpha value is -2.97. The van der Waals surface area contributed by atoms with Crippen molar-refractivity contribution in [3.63, 3.8) is 0 Å². The second-order valence-corrected chi connectivity index (χ2v) is 10.5. The van der Waals surface area contributed by atoms with E-state index >= 15 is 0 Å². The summed E-state index contributed by atoms with van der Waals surface area (Å²) in [5.41, 5.74) is 5.41. The van der Waals surface area contributed by atoms with Crippen LogP contribution in [0.1, 0.15) is 66.6 Å². The van der Waals surface area contributed by atoms with Crippen LogP contribution in [0.25, 0.3) is 0 Å². The highest BCUT2D eigenvalue weighted by atomic mass is 16.5. The van der Waals surface area contributed by atoms with Crippen molar-refractivity contribution in [3.8, 4) is 5.75 Å². The number of amides is 1. The second-order valence-electron chi connectivity index (χ2n) is 10.5. The van der Waals surface area contributed by atoms with Crippen LogP contribution in [-0.4, -0.2) is 71.1 Å². The predicted molar refractivity (Wildman–Crippen MR) is 138 cm³/mol. The first-order chi connectivity index (χ1) is 17.5. The van der Waals surface area contributed by atoms with Gasteiger partial charge in [-0.05, 0) is 62.8 Å². The third-order valence-corrected chi connectivity index (χ3v) is 8.30. The molecule has 6 heterocycles. The molecule has 2 aromatic heterocycles. The van der Waals surface area contributed by atoms with E-state index in [1.165, 1.54) is 11.6 Å². The number of pyridine rings is 2. The Kier molecular flexibility index (Phi) is 6.17. The van der Waals surface area contributed by atoms with Crippen LogP contribution < -0.4 is 10.1 Å². The van der Waals surface area contributed by atoms with Gasteiger partial charge in [-0.2, -0.15) is 0 Å². The molecule has 4 aliphatic heterocycles. The molecule has 0 aromatic carbocycles. The van der Waals surface area contributed by atoms with Gasteiger partial charge >= 0.3 is 0 Å². The predicted octanol–water partition coefficient (Wildman–Crippen LogP) is 4.06. The molecular weight excluding hydrogens is 454 g/mol. The number of anilines is 2. The molecule has 2 atom stereocenters. The van der Waals surface area contributed by atoms with Gasteiger partial charge in [0, 0.05) is 68.8 Å². The lowest BCUT2D eigenvalue weighted by Gasteiger charge is -2.43. The second kappa shape index (κ2) is 9.48. The maximum Gasteiger partial charge on any atom is 0.246 e. The lowest BCUT2D eigenvalue weighted by atomic mass is 9.87. The molecule has 8 heteroatoms. The first kappa shape index (κ1) is 23.4. The van der Waals surface area contributed by atoms with Crippen molar-refractivity contribution in [1.82, 2.24) is 19.8 Å². The SMILES string of the molecule is C=CC(=O)N1CC[C@@H](N2CC(c3cc4c(c(C)n3)O[C@@H](C)c3c(C5CCOCC5)ccnc3N4)C2)C1. The van der Waals surface area contributed by atoms with Crippen LogP contribution in [0, 0.1) is 6.92 Å². The summed E-state index contributed by atoms with van der Waals surface area (Å²) < 4.78 is 12.1. The first-order valence-corrected chi connectivity index (χ1v) is 13.2. The molecule has 36 heavy (non-hydrogen) atoms. The Labute approximate surface area is 212 Å². The molecule has 4 aliphatic rings. The molecule has 0 spiro atoms. The molecule has 2 aromatic rings. The van der Waals surface area contributed by atoms with Crippen LogP contribution in [0.5, 0.6) is 5.75 Å². The fourth-order valence-electron chi connectivity index (χ4n) is 6.25. The Morgan fingerprint density at radius 1 is 1.19 bits per heavy atom. The van der Waals surface area contributed by atoms with Crippen LogP contribution in [0.3, 0.4) is 0 Å². The van der Waals surface area contributed by atoms with Crippen LogP contribution in [0.15, 0.2) is 31.0 Å².